The lowest BCUT2D eigenvalue weighted by atomic mass is 10.4. The van der Waals surface area contributed by atoms with Crippen LogP contribution in [0.3, 0.4) is 0 Å². The number of hydrogen-bond acceptors (Lipinski definition) is 5. The number of anilines is 1. The van der Waals surface area contributed by atoms with Crippen LogP contribution in [0.4, 0.5) is 5.95 Å². The molecular formula is C9H12ClN3O2S. The number of thioether (sulfide) groups is 1. The number of rotatable bonds is 5. The summed E-state index contributed by atoms with van der Waals surface area (Å²) in [6, 6.07) is 1.47. The minimum absolute atomic E-state index is 0.140. The zero-order valence-electron chi connectivity index (χ0n) is 8.99. The van der Waals surface area contributed by atoms with Crippen molar-refractivity contribution in [1.29, 1.82) is 0 Å². The average Bonchev–Trinajstić information content (AvgIpc) is 2.25. The zero-order chi connectivity index (χ0) is 12.0. The van der Waals surface area contributed by atoms with Gasteiger partial charge in [0.2, 0.25) is 17.7 Å². The molecule has 0 aliphatic heterocycles. The third-order valence-corrected chi connectivity index (χ3v) is 2.47. The van der Waals surface area contributed by atoms with Gasteiger partial charge in [0.1, 0.15) is 5.15 Å². The van der Waals surface area contributed by atoms with Gasteiger partial charge in [-0.25, -0.2) is 4.98 Å². The molecular weight excluding hydrogens is 250 g/mol. The van der Waals surface area contributed by atoms with Crippen molar-refractivity contribution >= 4 is 35.2 Å². The highest BCUT2D eigenvalue weighted by atomic mass is 35.5. The molecule has 1 heterocycles. The lowest BCUT2D eigenvalue weighted by Gasteiger charge is -2.05. The Morgan fingerprint density at radius 2 is 2.38 bits per heavy atom. The van der Waals surface area contributed by atoms with E-state index >= 15 is 0 Å². The van der Waals surface area contributed by atoms with E-state index in [2.05, 4.69) is 15.3 Å². The van der Waals surface area contributed by atoms with Crippen molar-refractivity contribution in [2.75, 3.05) is 24.4 Å². The fourth-order valence-electron chi connectivity index (χ4n) is 0.939. The topological polar surface area (TPSA) is 64.1 Å². The summed E-state index contributed by atoms with van der Waals surface area (Å²) >= 11 is 7.33. The van der Waals surface area contributed by atoms with E-state index in [1.807, 2.05) is 6.26 Å². The molecule has 0 aliphatic rings. The molecule has 0 saturated carbocycles. The minimum atomic E-state index is -0.140. The number of halogens is 1. The molecule has 88 valence electrons. The van der Waals surface area contributed by atoms with Gasteiger partial charge in [0.25, 0.3) is 0 Å². The number of nitrogens with zero attached hydrogens (tertiary/aromatic N) is 2. The number of carbonyl (C=O) groups excluding carboxylic acids is 1. The van der Waals surface area contributed by atoms with E-state index in [0.29, 0.717) is 12.3 Å². The largest absolute Gasteiger partial charge is 0.481 e. The maximum atomic E-state index is 11.4. The van der Waals surface area contributed by atoms with Crippen LogP contribution >= 0.6 is 23.4 Å². The molecule has 1 aromatic heterocycles. The van der Waals surface area contributed by atoms with Crippen LogP contribution in [0.15, 0.2) is 6.07 Å². The average molecular weight is 262 g/mol. The molecule has 0 atom stereocenters. The van der Waals surface area contributed by atoms with E-state index in [1.54, 1.807) is 11.8 Å². The van der Waals surface area contributed by atoms with Crippen molar-refractivity contribution in [3.8, 4) is 5.88 Å². The Kier molecular flexibility index (Phi) is 5.34. The van der Waals surface area contributed by atoms with Crippen LogP contribution in [0.2, 0.25) is 5.15 Å². The molecule has 0 aromatic carbocycles. The Hall–Kier alpha value is -1.01. The number of aromatic nitrogens is 2. The molecule has 1 N–H and O–H groups in total. The van der Waals surface area contributed by atoms with Crippen LogP contribution in [0.25, 0.3) is 0 Å². The van der Waals surface area contributed by atoms with Gasteiger partial charge < -0.3 is 4.74 Å². The van der Waals surface area contributed by atoms with Crippen LogP contribution in [0.5, 0.6) is 5.88 Å². The highest BCUT2D eigenvalue weighted by Gasteiger charge is 2.07. The molecule has 1 amide bonds. The van der Waals surface area contributed by atoms with E-state index < -0.39 is 0 Å². The first-order chi connectivity index (χ1) is 7.65. The van der Waals surface area contributed by atoms with E-state index in [0.717, 1.165) is 5.75 Å². The van der Waals surface area contributed by atoms with E-state index in [-0.39, 0.29) is 17.0 Å². The first-order valence-corrected chi connectivity index (χ1v) is 6.30. The fraction of sp³-hybridized carbons (Fsp3) is 0.444. The second-order valence-electron chi connectivity index (χ2n) is 2.85. The number of nitrogens with one attached hydrogen (secondary N) is 1. The minimum Gasteiger partial charge on any atom is -0.481 e. The smallest absolute Gasteiger partial charge is 0.234 e. The fourth-order valence-corrected chi connectivity index (χ4v) is 1.50. The Balaban J connectivity index is 2.65. The molecule has 5 nitrogen and oxygen atoms in total. The zero-order valence-corrected chi connectivity index (χ0v) is 10.6. The Labute approximate surface area is 103 Å². The second-order valence-corrected chi connectivity index (χ2v) is 4.22. The summed E-state index contributed by atoms with van der Waals surface area (Å²) in [5.74, 6) is 1.10. The molecule has 0 saturated heterocycles. The van der Waals surface area contributed by atoms with Gasteiger partial charge in [0.15, 0.2) is 0 Å². The molecule has 0 fully saturated rings. The highest BCUT2D eigenvalue weighted by molar-refractivity contribution is 7.98. The van der Waals surface area contributed by atoms with Crippen LogP contribution in [-0.2, 0) is 4.79 Å². The van der Waals surface area contributed by atoms with E-state index in [1.165, 1.54) is 13.2 Å². The maximum Gasteiger partial charge on any atom is 0.234 e. The molecule has 0 aliphatic carbocycles. The summed E-state index contributed by atoms with van der Waals surface area (Å²) in [4.78, 5) is 19.2. The molecule has 0 radical (unpaired) electrons. The number of methoxy groups -OCH3 is 1. The SMILES string of the molecule is COc1cc(Cl)nc(NC(=O)CCSC)n1. The summed E-state index contributed by atoms with van der Waals surface area (Å²) < 4.78 is 4.91. The van der Waals surface area contributed by atoms with Crippen molar-refractivity contribution in [1.82, 2.24) is 9.97 Å². The van der Waals surface area contributed by atoms with Gasteiger partial charge in [-0.05, 0) is 6.26 Å². The number of amides is 1. The predicted octanol–water partition coefficient (Wildman–Crippen LogP) is 1.83. The van der Waals surface area contributed by atoms with Gasteiger partial charge in [0, 0.05) is 18.2 Å². The third-order valence-electron chi connectivity index (χ3n) is 1.66. The lowest BCUT2D eigenvalue weighted by molar-refractivity contribution is -0.115. The normalized spacial score (nSPS) is 9.94. The number of hydrogen-bond donors (Lipinski definition) is 1. The van der Waals surface area contributed by atoms with Crippen LogP contribution in [-0.4, -0.2) is 35.0 Å². The van der Waals surface area contributed by atoms with Gasteiger partial charge in [-0.1, -0.05) is 11.6 Å². The summed E-state index contributed by atoms with van der Waals surface area (Å²) in [5, 5.41) is 2.78. The van der Waals surface area contributed by atoms with Crippen molar-refractivity contribution < 1.29 is 9.53 Å². The number of carbonyl (C=O) groups is 1. The lowest BCUT2D eigenvalue weighted by Crippen LogP contribution is -2.14. The quantitative estimate of drug-likeness (QED) is 0.820. The standard InChI is InChI=1S/C9H12ClN3O2S/c1-15-8-5-6(10)11-9(13-8)12-7(14)3-4-16-2/h5H,3-4H2,1-2H3,(H,11,12,13,14). The predicted molar refractivity (Wildman–Crippen MR) is 65.2 cm³/mol. The Bertz CT molecular complexity index is 376. The first kappa shape index (κ1) is 13.1. The van der Waals surface area contributed by atoms with Gasteiger partial charge in [-0.15, -0.1) is 0 Å². The highest BCUT2D eigenvalue weighted by Crippen LogP contribution is 2.15. The van der Waals surface area contributed by atoms with Crippen molar-refractivity contribution in [2.45, 2.75) is 6.42 Å². The summed E-state index contributed by atoms with van der Waals surface area (Å²) in [6.45, 7) is 0. The molecule has 0 bridgehead atoms. The second kappa shape index (κ2) is 6.55. The van der Waals surface area contributed by atoms with E-state index in [4.69, 9.17) is 16.3 Å². The van der Waals surface area contributed by atoms with Crippen LogP contribution in [0.1, 0.15) is 6.42 Å². The van der Waals surface area contributed by atoms with Gasteiger partial charge in [0.05, 0.1) is 7.11 Å². The van der Waals surface area contributed by atoms with Crippen molar-refractivity contribution in [3.05, 3.63) is 11.2 Å². The monoisotopic (exact) mass is 261 g/mol. The first-order valence-electron chi connectivity index (χ1n) is 4.53. The molecule has 7 heteroatoms. The Morgan fingerprint density at radius 1 is 1.62 bits per heavy atom. The van der Waals surface area contributed by atoms with Crippen LogP contribution < -0.4 is 10.1 Å². The van der Waals surface area contributed by atoms with Crippen molar-refractivity contribution in [2.24, 2.45) is 0 Å². The molecule has 1 aromatic rings. The van der Waals surface area contributed by atoms with Gasteiger partial charge >= 0.3 is 0 Å². The Morgan fingerprint density at radius 3 is 3.00 bits per heavy atom. The van der Waals surface area contributed by atoms with Crippen LogP contribution in [0, 0.1) is 0 Å². The van der Waals surface area contributed by atoms with Crippen molar-refractivity contribution in [3.63, 3.8) is 0 Å². The number of ether oxygens (including phenoxy) is 1. The summed E-state index contributed by atoms with van der Waals surface area (Å²) in [7, 11) is 1.47. The molecule has 1 rings (SSSR count). The third kappa shape index (κ3) is 4.24. The van der Waals surface area contributed by atoms with Gasteiger partial charge in [-0.2, -0.15) is 16.7 Å². The summed E-state index contributed by atoms with van der Waals surface area (Å²) in [6.07, 6.45) is 2.35. The molecule has 0 spiro atoms. The summed E-state index contributed by atoms with van der Waals surface area (Å²) in [5.41, 5.74) is 0. The molecule has 0 unspecified atom stereocenters. The van der Waals surface area contributed by atoms with E-state index in [9.17, 15) is 4.79 Å². The molecule has 16 heavy (non-hydrogen) atoms. The maximum absolute atomic E-state index is 11.4. The van der Waals surface area contributed by atoms with Gasteiger partial charge in [-0.3, -0.25) is 10.1 Å².